The van der Waals surface area contributed by atoms with Crippen molar-refractivity contribution in [2.75, 3.05) is 16.8 Å². The number of anilines is 2. The van der Waals surface area contributed by atoms with Gasteiger partial charge in [-0.25, -0.2) is 9.78 Å². The summed E-state index contributed by atoms with van der Waals surface area (Å²) in [6.45, 7) is 2.38. The van der Waals surface area contributed by atoms with E-state index in [0.29, 0.717) is 24.8 Å². The molecule has 1 aliphatic rings. The number of fused-ring (bicyclic) bond motifs is 1. The maximum Gasteiger partial charge on any atom is 0.394 e. The Morgan fingerprint density at radius 2 is 1.88 bits per heavy atom. The van der Waals surface area contributed by atoms with Crippen LogP contribution in [0.5, 0.6) is 5.75 Å². The van der Waals surface area contributed by atoms with Crippen molar-refractivity contribution in [2.45, 2.75) is 32.4 Å². The van der Waals surface area contributed by atoms with E-state index in [9.17, 15) is 18.4 Å². The van der Waals surface area contributed by atoms with Gasteiger partial charge in [-0.3, -0.25) is 9.69 Å². The summed E-state index contributed by atoms with van der Waals surface area (Å²) in [4.78, 5) is 31.2. The lowest BCUT2D eigenvalue weighted by molar-refractivity contribution is -0.158. The predicted molar refractivity (Wildman–Crippen MR) is 125 cm³/mol. The predicted octanol–water partition coefficient (Wildman–Crippen LogP) is 5.36. The molecule has 3 amide bonds. The van der Waals surface area contributed by atoms with E-state index in [4.69, 9.17) is 0 Å². The van der Waals surface area contributed by atoms with Crippen LogP contribution < -0.4 is 20.3 Å². The van der Waals surface area contributed by atoms with Crippen LogP contribution in [0.15, 0.2) is 66.9 Å². The Balaban J connectivity index is 1.53. The Hall–Kier alpha value is -4.01. The first-order valence-corrected chi connectivity index (χ1v) is 10.8. The lowest BCUT2D eigenvalue weighted by atomic mass is 10.0. The number of carbonyl (C=O) groups excluding carboxylic acids is 2. The molecule has 1 aliphatic heterocycles. The molecule has 176 valence electrons. The highest BCUT2D eigenvalue weighted by molar-refractivity contribution is 6.09. The third-order valence-corrected chi connectivity index (χ3v) is 5.34. The van der Waals surface area contributed by atoms with E-state index in [2.05, 4.69) is 20.4 Å². The molecule has 9 heteroatoms. The van der Waals surface area contributed by atoms with Gasteiger partial charge in [-0.2, -0.15) is 8.78 Å². The molecule has 34 heavy (non-hydrogen) atoms. The number of halogens is 2. The Bertz CT molecular complexity index is 1180. The van der Waals surface area contributed by atoms with Crippen molar-refractivity contribution in [1.29, 1.82) is 0 Å². The smallest absolute Gasteiger partial charge is 0.394 e. The van der Waals surface area contributed by atoms with E-state index in [-0.39, 0.29) is 18.2 Å². The van der Waals surface area contributed by atoms with E-state index in [1.165, 1.54) is 17.0 Å². The number of carbonyl (C=O) groups is 2. The van der Waals surface area contributed by atoms with Crippen molar-refractivity contribution in [1.82, 2.24) is 10.3 Å². The van der Waals surface area contributed by atoms with Gasteiger partial charge in [0.15, 0.2) is 5.82 Å². The Morgan fingerprint density at radius 3 is 2.53 bits per heavy atom. The number of pyridine rings is 1. The van der Waals surface area contributed by atoms with Gasteiger partial charge in [-0.1, -0.05) is 49.4 Å². The second kappa shape index (κ2) is 9.46. The molecule has 0 fully saturated rings. The topological polar surface area (TPSA) is 83.6 Å². The summed E-state index contributed by atoms with van der Waals surface area (Å²) in [5.74, 6) is 0.0442. The molecule has 0 spiro atoms. The van der Waals surface area contributed by atoms with E-state index in [1.54, 1.807) is 24.4 Å². The molecule has 7 nitrogen and oxygen atoms in total. The number of alkyl halides is 2. The van der Waals surface area contributed by atoms with Gasteiger partial charge in [0.05, 0.1) is 11.7 Å². The standard InChI is InChI=1S/C25H24F2N4O3/c1-3-20(17-9-11-19(12-10-17)34-25(2,26)27)30-24(33)31-15-22(32)29-21-13-18(14-28-23(21)31)16-7-5-4-6-8-16/h4-14,20H,3,15H2,1-2H3,(H,29,32)(H,30,33). The number of urea groups is 1. The minimum atomic E-state index is -3.28. The van der Waals surface area contributed by atoms with Crippen LogP contribution >= 0.6 is 0 Å². The highest BCUT2D eigenvalue weighted by Crippen LogP contribution is 2.32. The van der Waals surface area contributed by atoms with E-state index in [0.717, 1.165) is 16.7 Å². The van der Waals surface area contributed by atoms with Crippen LogP contribution in [-0.2, 0) is 4.79 Å². The number of hydrogen-bond donors (Lipinski definition) is 2. The highest BCUT2D eigenvalue weighted by Gasteiger charge is 2.30. The van der Waals surface area contributed by atoms with Crippen molar-refractivity contribution in [3.63, 3.8) is 0 Å². The van der Waals surface area contributed by atoms with Gasteiger partial charge in [-0.15, -0.1) is 0 Å². The molecule has 1 unspecified atom stereocenters. The SMILES string of the molecule is CCC(NC(=O)N1CC(=O)Nc2cc(-c3ccccc3)cnc21)c1ccc(OC(C)(F)F)cc1. The van der Waals surface area contributed by atoms with Crippen LogP contribution in [0.1, 0.15) is 31.9 Å². The summed E-state index contributed by atoms with van der Waals surface area (Å²) >= 11 is 0. The fourth-order valence-electron chi connectivity index (χ4n) is 3.75. The van der Waals surface area contributed by atoms with Crippen LogP contribution in [0.3, 0.4) is 0 Å². The summed E-state index contributed by atoms with van der Waals surface area (Å²) in [7, 11) is 0. The highest BCUT2D eigenvalue weighted by atomic mass is 19.3. The average molecular weight is 466 g/mol. The molecule has 1 atom stereocenters. The van der Waals surface area contributed by atoms with Gasteiger partial charge in [0, 0.05) is 18.7 Å². The van der Waals surface area contributed by atoms with E-state index < -0.39 is 18.2 Å². The summed E-state index contributed by atoms with van der Waals surface area (Å²) in [6, 6.07) is 16.6. The number of aromatic nitrogens is 1. The van der Waals surface area contributed by atoms with Gasteiger partial charge in [0.25, 0.3) is 0 Å². The van der Waals surface area contributed by atoms with Gasteiger partial charge in [0.1, 0.15) is 12.3 Å². The molecule has 1 aromatic heterocycles. The molecule has 4 rings (SSSR count). The molecule has 0 bridgehead atoms. The maximum atomic E-state index is 13.1. The maximum absolute atomic E-state index is 13.1. The third-order valence-electron chi connectivity index (χ3n) is 5.34. The summed E-state index contributed by atoms with van der Waals surface area (Å²) in [5, 5.41) is 5.69. The first-order valence-electron chi connectivity index (χ1n) is 10.8. The van der Waals surface area contributed by atoms with Crippen LogP contribution in [0.25, 0.3) is 11.1 Å². The molecule has 0 saturated heterocycles. The first kappa shape index (κ1) is 23.2. The monoisotopic (exact) mass is 466 g/mol. The Morgan fingerprint density at radius 1 is 1.18 bits per heavy atom. The van der Waals surface area contributed by atoms with Crippen molar-refractivity contribution < 1.29 is 23.1 Å². The zero-order valence-electron chi connectivity index (χ0n) is 18.7. The van der Waals surface area contributed by atoms with Crippen LogP contribution in [0.2, 0.25) is 0 Å². The van der Waals surface area contributed by atoms with E-state index >= 15 is 0 Å². The number of ether oxygens (including phenoxy) is 1. The fourth-order valence-corrected chi connectivity index (χ4v) is 3.75. The fraction of sp³-hybridized carbons (Fsp3) is 0.240. The van der Waals surface area contributed by atoms with Crippen LogP contribution in [0.4, 0.5) is 25.1 Å². The van der Waals surface area contributed by atoms with Gasteiger partial charge >= 0.3 is 12.1 Å². The molecule has 0 aliphatic carbocycles. The van der Waals surface area contributed by atoms with E-state index in [1.807, 2.05) is 37.3 Å². The lowest BCUT2D eigenvalue weighted by Crippen LogP contribution is -2.48. The number of benzene rings is 2. The largest absolute Gasteiger partial charge is 0.433 e. The van der Waals surface area contributed by atoms with Crippen molar-refractivity contribution >= 4 is 23.4 Å². The number of amides is 3. The normalized spacial score (nSPS) is 14.1. The van der Waals surface area contributed by atoms with Gasteiger partial charge < -0.3 is 15.4 Å². The zero-order chi connectivity index (χ0) is 24.3. The van der Waals surface area contributed by atoms with Crippen molar-refractivity contribution in [2.24, 2.45) is 0 Å². The number of hydrogen-bond acceptors (Lipinski definition) is 4. The summed E-state index contributed by atoms with van der Waals surface area (Å²) in [5.41, 5.74) is 2.92. The van der Waals surface area contributed by atoms with Gasteiger partial charge in [-0.05, 0) is 35.7 Å². The average Bonchev–Trinajstić information content (AvgIpc) is 2.81. The molecular weight excluding hydrogens is 442 g/mol. The first-order chi connectivity index (χ1) is 16.2. The quantitative estimate of drug-likeness (QED) is 0.512. The minimum absolute atomic E-state index is 0.0254. The van der Waals surface area contributed by atoms with Gasteiger partial charge in [0.2, 0.25) is 5.91 Å². The number of rotatable bonds is 6. The minimum Gasteiger partial charge on any atom is -0.433 e. The molecule has 3 aromatic rings. The summed E-state index contributed by atoms with van der Waals surface area (Å²) < 4.78 is 30.7. The molecule has 2 aromatic carbocycles. The van der Waals surface area contributed by atoms with Crippen LogP contribution in [-0.4, -0.2) is 29.6 Å². The second-order valence-corrected chi connectivity index (χ2v) is 7.98. The molecule has 2 N–H and O–H groups in total. The Labute approximate surface area is 195 Å². The lowest BCUT2D eigenvalue weighted by Gasteiger charge is -2.30. The third kappa shape index (κ3) is 5.31. The molecule has 0 radical (unpaired) electrons. The Kier molecular flexibility index (Phi) is 6.45. The zero-order valence-corrected chi connectivity index (χ0v) is 18.7. The number of nitrogens with zero attached hydrogens (tertiary/aromatic N) is 2. The molecular formula is C25H24F2N4O3. The second-order valence-electron chi connectivity index (χ2n) is 7.98. The molecule has 2 heterocycles. The van der Waals surface area contributed by atoms with Crippen molar-refractivity contribution in [3.8, 4) is 16.9 Å². The summed E-state index contributed by atoms with van der Waals surface area (Å²) in [6.07, 6.45) is -1.08. The van der Waals surface area contributed by atoms with Crippen LogP contribution in [0, 0.1) is 0 Å². The molecule has 0 saturated carbocycles. The number of nitrogens with one attached hydrogen (secondary N) is 2. The van der Waals surface area contributed by atoms with Crippen molar-refractivity contribution in [3.05, 3.63) is 72.4 Å².